The van der Waals surface area contributed by atoms with Gasteiger partial charge in [0, 0.05) is 5.56 Å². The lowest BCUT2D eigenvalue weighted by atomic mass is 10.0. The van der Waals surface area contributed by atoms with E-state index in [0.29, 0.717) is 0 Å². The molecule has 7 heteroatoms. The van der Waals surface area contributed by atoms with Crippen molar-refractivity contribution in [2.24, 2.45) is 0 Å². The lowest BCUT2D eigenvalue weighted by Gasteiger charge is -2.17. The number of benzene rings is 1. The predicted octanol–water partition coefficient (Wildman–Crippen LogP) is 0.540. The van der Waals surface area contributed by atoms with Crippen molar-refractivity contribution < 1.29 is 24.5 Å². The topological polar surface area (TPSA) is 104 Å². The second-order valence-electron chi connectivity index (χ2n) is 3.12. The fourth-order valence-electron chi connectivity index (χ4n) is 1.15. The molecule has 88 valence electrons. The summed E-state index contributed by atoms with van der Waals surface area (Å²) in [6.45, 7) is 0. The Kier molecular flexibility index (Phi) is 3.69. The molecule has 2 atom stereocenters. The molecule has 0 saturated heterocycles. The molecule has 16 heavy (non-hydrogen) atoms. The quantitative estimate of drug-likeness (QED) is 0.586. The lowest BCUT2D eigenvalue weighted by molar-refractivity contribution is -0.153. The third-order valence-electron chi connectivity index (χ3n) is 2.00. The van der Waals surface area contributed by atoms with Crippen LogP contribution in [0.4, 0.5) is 10.1 Å². The second-order valence-corrected chi connectivity index (χ2v) is 3.53. The number of nitrogen functional groups attached to an aromatic ring is 1. The van der Waals surface area contributed by atoms with Crippen LogP contribution in [-0.4, -0.2) is 27.4 Å². The van der Waals surface area contributed by atoms with E-state index in [-0.39, 0.29) is 16.3 Å². The SMILES string of the molecule is Nc1c(Cl)cc(F)cc1C(O)C(O)C(=O)O. The van der Waals surface area contributed by atoms with E-state index in [4.69, 9.17) is 27.5 Å². The number of aliphatic hydroxyl groups excluding tert-OH is 2. The van der Waals surface area contributed by atoms with Gasteiger partial charge in [0.1, 0.15) is 11.9 Å². The Labute approximate surface area is 94.9 Å². The number of aliphatic hydroxyl groups is 2. The van der Waals surface area contributed by atoms with Gasteiger partial charge < -0.3 is 21.1 Å². The average molecular weight is 250 g/mol. The molecule has 0 heterocycles. The van der Waals surface area contributed by atoms with Crippen molar-refractivity contribution in [3.63, 3.8) is 0 Å². The van der Waals surface area contributed by atoms with Crippen molar-refractivity contribution >= 4 is 23.3 Å². The van der Waals surface area contributed by atoms with Gasteiger partial charge in [0.15, 0.2) is 6.10 Å². The highest BCUT2D eigenvalue weighted by atomic mass is 35.5. The Morgan fingerprint density at radius 2 is 2.00 bits per heavy atom. The van der Waals surface area contributed by atoms with Gasteiger partial charge in [-0.25, -0.2) is 9.18 Å². The van der Waals surface area contributed by atoms with Gasteiger partial charge in [-0.05, 0) is 12.1 Å². The van der Waals surface area contributed by atoms with Gasteiger partial charge in [-0.3, -0.25) is 0 Å². The summed E-state index contributed by atoms with van der Waals surface area (Å²) in [5, 5.41) is 26.8. The number of carboxylic acids is 1. The van der Waals surface area contributed by atoms with Gasteiger partial charge in [-0.15, -0.1) is 0 Å². The Balaban J connectivity index is 3.17. The lowest BCUT2D eigenvalue weighted by Crippen LogP contribution is -2.28. The van der Waals surface area contributed by atoms with Gasteiger partial charge in [0.25, 0.3) is 0 Å². The first-order chi connectivity index (χ1) is 7.34. The van der Waals surface area contributed by atoms with Crippen molar-refractivity contribution in [2.45, 2.75) is 12.2 Å². The van der Waals surface area contributed by atoms with Crippen molar-refractivity contribution in [1.29, 1.82) is 0 Å². The van der Waals surface area contributed by atoms with Crippen LogP contribution in [0.2, 0.25) is 5.02 Å². The molecule has 1 rings (SSSR count). The number of carbonyl (C=O) groups is 1. The molecule has 0 aliphatic carbocycles. The monoisotopic (exact) mass is 249 g/mol. The fraction of sp³-hybridized carbons (Fsp3) is 0.222. The molecule has 0 aliphatic heterocycles. The summed E-state index contributed by atoms with van der Waals surface area (Å²) in [6.07, 6.45) is -3.94. The largest absolute Gasteiger partial charge is 0.479 e. The molecule has 0 amide bonds. The zero-order valence-electron chi connectivity index (χ0n) is 7.89. The first-order valence-corrected chi connectivity index (χ1v) is 4.55. The summed E-state index contributed by atoms with van der Waals surface area (Å²) in [4.78, 5) is 10.4. The van der Waals surface area contributed by atoms with Crippen LogP contribution in [0, 0.1) is 5.82 Å². The predicted molar refractivity (Wildman–Crippen MR) is 54.4 cm³/mol. The number of carboxylic acid groups (broad SMARTS) is 1. The summed E-state index contributed by atoms with van der Waals surface area (Å²) in [7, 11) is 0. The van der Waals surface area contributed by atoms with E-state index < -0.39 is 24.0 Å². The van der Waals surface area contributed by atoms with Gasteiger partial charge >= 0.3 is 5.97 Å². The highest BCUT2D eigenvalue weighted by molar-refractivity contribution is 6.33. The molecule has 1 aromatic rings. The number of aliphatic carboxylic acids is 1. The normalized spacial score (nSPS) is 14.5. The van der Waals surface area contributed by atoms with E-state index in [1.54, 1.807) is 0 Å². The van der Waals surface area contributed by atoms with Crippen molar-refractivity contribution in [1.82, 2.24) is 0 Å². The van der Waals surface area contributed by atoms with Gasteiger partial charge in [0.05, 0.1) is 10.7 Å². The van der Waals surface area contributed by atoms with E-state index in [9.17, 15) is 14.3 Å². The Hall–Kier alpha value is -1.37. The van der Waals surface area contributed by atoms with Crippen LogP contribution < -0.4 is 5.73 Å². The second kappa shape index (κ2) is 4.65. The summed E-state index contributed by atoms with van der Waals surface area (Å²) < 4.78 is 13.0. The zero-order chi connectivity index (χ0) is 12.5. The molecule has 0 bridgehead atoms. The Bertz CT molecular complexity index is 426. The minimum absolute atomic E-state index is 0.161. The van der Waals surface area contributed by atoms with Crippen LogP contribution in [0.25, 0.3) is 0 Å². The molecule has 0 spiro atoms. The summed E-state index contributed by atoms with van der Waals surface area (Å²) in [5.41, 5.74) is 4.99. The van der Waals surface area contributed by atoms with Gasteiger partial charge in [-0.2, -0.15) is 0 Å². The number of hydrogen-bond acceptors (Lipinski definition) is 4. The molecule has 1 aromatic carbocycles. The number of anilines is 1. The number of rotatable bonds is 3. The van der Waals surface area contributed by atoms with Crippen LogP contribution in [0.3, 0.4) is 0 Å². The van der Waals surface area contributed by atoms with Crippen LogP contribution in [0.5, 0.6) is 0 Å². The maximum Gasteiger partial charge on any atom is 0.335 e. The van der Waals surface area contributed by atoms with Gasteiger partial charge in [0.2, 0.25) is 0 Å². The molecule has 0 aliphatic rings. The molecule has 2 unspecified atom stereocenters. The smallest absolute Gasteiger partial charge is 0.335 e. The van der Waals surface area contributed by atoms with Crippen LogP contribution in [0.1, 0.15) is 11.7 Å². The summed E-state index contributed by atoms with van der Waals surface area (Å²) in [5.74, 6) is -2.43. The van der Waals surface area contributed by atoms with Crippen molar-refractivity contribution in [3.8, 4) is 0 Å². The highest BCUT2D eigenvalue weighted by Crippen LogP contribution is 2.30. The molecule has 0 radical (unpaired) electrons. The maximum absolute atomic E-state index is 13.0. The summed E-state index contributed by atoms with van der Waals surface area (Å²) in [6, 6.07) is 1.73. The molecular weight excluding hydrogens is 241 g/mol. The van der Waals surface area contributed by atoms with Gasteiger partial charge in [-0.1, -0.05) is 11.6 Å². The fourth-order valence-corrected chi connectivity index (χ4v) is 1.37. The first kappa shape index (κ1) is 12.7. The average Bonchev–Trinajstić information content (AvgIpc) is 2.21. The molecule has 5 nitrogen and oxygen atoms in total. The Morgan fingerprint density at radius 1 is 1.44 bits per heavy atom. The maximum atomic E-state index is 13.0. The number of hydrogen-bond donors (Lipinski definition) is 4. The molecule has 0 fully saturated rings. The zero-order valence-corrected chi connectivity index (χ0v) is 8.65. The number of halogens is 2. The number of nitrogens with two attached hydrogens (primary N) is 1. The van der Waals surface area contributed by atoms with E-state index in [0.717, 1.165) is 12.1 Å². The van der Waals surface area contributed by atoms with Crippen molar-refractivity contribution in [3.05, 3.63) is 28.5 Å². The highest BCUT2D eigenvalue weighted by Gasteiger charge is 2.27. The van der Waals surface area contributed by atoms with E-state index >= 15 is 0 Å². The van der Waals surface area contributed by atoms with E-state index in [1.165, 1.54) is 0 Å². The third-order valence-corrected chi connectivity index (χ3v) is 2.31. The summed E-state index contributed by atoms with van der Waals surface area (Å²) >= 11 is 5.54. The minimum Gasteiger partial charge on any atom is -0.479 e. The molecule has 5 N–H and O–H groups in total. The molecular formula is C9H9ClFNO4. The van der Waals surface area contributed by atoms with E-state index in [2.05, 4.69) is 0 Å². The van der Waals surface area contributed by atoms with Crippen LogP contribution in [0.15, 0.2) is 12.1 Å². The molecule has 0 saturated carbocycles. The Morgan fingerprint density at radius 3 is 2.50 bits per heavy atom. The van der Waals surface area contributed by atoms with Crippen LogP contribution >= 0.6 is 11.6 Å². The van der Waals surface area contributed by atoms with Crippen molar-refractivity contribution in [2.75, 3.05) is 5.73 Å². The first-order valence-electron chi connectivity index (χ1n) is 4.18. The minimum atomic E-state index is -2.10. The van der Waals surface area contributed by atoms with E-state index in [1.807, 2.05) is 0 Å². The third kappa shape index (κ3) is 2.41. The standard InChI is InChI=1S/C9H9ClFNO4/c10-5-2-3(11)1-4(6(5)12)7(13)8(14)9(15)16/h1-2,7-8,13-14H,12H2,(H,15,16). The van der Waals surface area contributed by atoms with Crippen LogP contribution in [-0.2, 0) is 4.79 Å². The molecule has 0 aromatic heterocycles.